The standard InChI is InChI=1S/C12H15FO4S/c1-12(2,11(14)17-3)8-18(15,16)10-7-5-4-6-9(10)13/h4-7H,8H2,1-3H3. The minimum absolute atomic E-state index is 0.401. The zero-order chi connectivity index (χ0) is 14.0. The number of carbonyl (C=O) groups is 1. The van der Waals surface area contributed by atoms with Gasteiger partial charge in [-0.25, -0.2) is 12.8 Å². The largest absolute Gasteiger partial charge is 0.469 e. The van der Waals surface area contributed by atoms with Crippen LogP contribution in [0.3, 0.4) is 0 Å². The number of methoxy groups -OCH3 is 1. The summed E-state index contributed by atoms with van der Waals surface area (Å²) in [5, 5.41) is 0. The summed E-state index contributed by atoms with van der Waals surface area (Å²) in [6.45, 7) is 2.88. The molecule has 0 fully saturated rings. The van der Waals surface area contributed by atoms with Crippen molar-refractivity contribution in [3.8, 4) is 0 Å². The average molecular weight is 274 g/mol. The molecule has 0 bridgehead atoms. The first-order valence-corrected chi connectivity index (χ1v) is 6.91. The van der Waals surface area contributed by atoms with Crippen molar-refractivity contribution in [3.63, 3.8) is 0 Å². The molecule has 0 aliphatic carbocycles. The minimum Gasteiger partial charge on any atom is -0.469 e. The third-order valence-corrected chi connectivity index (χ3v) is 4.56. The van der Waals surface area contributed by atoms with Crippen molar-refractivity contribution in [2.45, 2.75) is 18.7 Å². The molecule has 0 aromatic heterocycles. The minimum atomic E-state index is -3.88. The first-order valence-electron chi connectivity index (χ1n) is 5.26. The van der Waals surface area contributed by atoms with Crippen LogP contribution in [0.5, 0.6) is 0 Å². The quantitative estimate of drug-likeness (QED) is 0.785. The van der Waals surface area contributed by atoms with Gasteiger partial charge in [0.2, 0.25) is 0 Å². The van der Waals surface area contributed by atoms with Crippen molar-refractivity contribution >= 4 is 15.8 Å². The predicted octanol–water partition coefficient (Wildman–Crippen LogP) is 1.80. The van der Waals surface area contributed by atoms with E-state index >= 15 is 0 Å². The van der Waals surface area contributed by atoms with Crippen LogP contribution >= 0.6 is 0 Å². The number of hydrogen-bond acceptors (Lipinski definition) is 4. The lowest BCUT2D eigenvalue weighted by Crippen LogP contribution is -2.33. The molecule has 0 amide bonds. The Labute approximate surface area is 106 Å². The molecule has 1 aromatic rings. The van der Waals surface area contributed by atoms with Crippen LogP contribution in [0.25, 0.3) is 0 Å². The van der Waals surface area contributed by atoms with Crippen molar-refractivity contribution in [2.24, 2.45) is 5.41 Å². The van der Waals surface area contributed by atoms with E-state index in [4.69, 9.17) is 0 Å². The zero-order valence-electron chi connectivity index (χ0n) is 10.4. The number of carbonyl (C=O) groups excluding carboxylic acids is 1. The molecule has 0 saturated heterocycles. The fourth-order valence-electron chi connectivity index (χ4n) is 1.58. The molecule has 6 heteroatoms. The summed E-state index contributed by atoms with van der Waals surface area (Å²) in [6, 6.07) is 5.08. The summed E-state index contributed by atoms with van der Waals surface area (Å²) in [4.78, 5) is 11.0. The monoisotopic (exact) mass is 274 g/mol. The molecule has 100 valence electrons. The molecule has 0 saturated carbocycles. The van der Waals surface area contributed by atoms with Crippen molar-refractivity contribution in [1.82, 2.24) is 0 Å². The zero-order valence-corrected chi connectivity index (χ0v) is 11.3. The Balaban J connectivity index is 3.11. The highest BCUT2D eigenvalue weighted by Crippen LogP contribution is 2.25. The second-order valence-electron chi connectivity index (χ2n) is 4.56. The van der Waals surface area contributed by atoms with Gasteiger partial charge in [-0.05, 0) is 26.0 Å². The smallest absolute Gasteiger partial charge is 0.312 e. The Morgan fingerprint density at radius 2 is 1.89 bits per heavy atom. The van der Waals surface area contributed by atoms with E-state index in [1.807, 2.05) is 0 Å². The molecule has 0 radical (unpaired) electrons. The molecule has 0 unspecified atom stereocenters. The number of ether oxygens (including phenoxy) is 1. The molecule has 0 N–H and O–H groups in total. The fraction of sp³-hybridized carbons (Fsp3) is 0.417. The number of hydrogen-bond donors (Lipinski definition) is 0. The Bertz CT molecular complexity index is 549. The fourth-order valence-corrected chi connectivity index (χ4v) is 3.46. The third-order valence-electron chi connectivity index (χ3n) is 2.46. The van der Waals surface area contributed by atoms with Crippen molar-refractivity contribution < 1.29 is 22.3 Å². The van der Waals surface area contributed by atoms with Crippen LogP contribution in [-0.4, -0.2) is 27.2 Å². The molecule has 0 aliphatic heterocycles. The topological polar surface area (TPSA) is 60.4 Å². The molecule has 0 atom stereocenters. The van der Waals surface area contributed by atoms with E-state index in [1.165, 1.54) is 39.2 Å². The first-order chi connectivity index (χ1) is 8.20. The summed E-state index contributed by atoms with van der Waals surface area (Å²) in [6.07, 6.45) is 0. The van der Waals surface area contributed by atoms with E-state index in [1.54, 1.807) is 0 Å². The third kappa shape index (κ3) is 3.07. The molecular formula is C12H15FO4S. The summed E-state index contributed by atoms with van der Waals surface area (Å²) in [5.41, 5.74) is -1.23. The van der Waals surface area contributed by atoms with Crippen LogP contribution in [0.15, 0.2) is 29.2 Å². The highest BCUT2D eigenvalue weighted by atomic mass is 32.2. The number of sulfone groups is 1. The van der Waals surface area contributed by atoms with Crippen molar-refractivity contribution in [1.29, 1.82) is 0 Å². The molecule has 0 heterocycles. The summed E-state index contributed by atoms with van der Waals surface area (Å²) < 4.78 is 42.1. The van der Waals surface area contributed by atoms with Gasteiger partial charge in [-0.3, -0.25) is 4.79 Å². The van der Waals surface area contributed by atoms with Crippen molar-refractivity contribution in [3.05, 3.63) is 30.1 Å². The maximum atomic E-state index is 13.4. The van der Waals surface area contributed by atoms with E-state index in [2.05, 4.69) is 4.74 Å². The lowest BCUT2D eigenvalue weighted by molar-refractivity contribution is -0.149. The predicted molar refractivity (Wildman–Crippen MR) is 64.2 cm³/mol. The van der Waals surface area contributed by atoms with Crippen LogP contribution in [0, 0.1) is 11.2 Å². The first kappa shape index (κ1) is 14.6. The van der Waals surface area contributed by atoms with Gasteiger partial charge in [0.15, 0.2) is 9.84 Å². The van der Waals surface area contributed by atoms with Gasteiger partial charge in [-0.15, -0.1) is 0 Å². The summed E-state index contributed by atoms with van der Waals surface area (Å²) in [5.74, 6) is -1.98. The lowest BCUT2D eigenvalue weighted by Gasteiger charge is -2.21. The number of benzene rings is 1. The Hall–Kier alpha value is -1.43. The van der Waals surface area contributed by atoms with E-state index in [0.717, 1.165) is 6.07 Å². The van der Waals surface area contributed by atoms with Crippen LogP contribution in [0.4, 0.5) is 4.39 Å². The van der Waals surface area contributed by atoms with Gasteiger partial charge in [-0.1, -0.05) is 12.1 Å². The molecule has 4 nitrogen and oxygen atoms in total. The van der Waals surface area contributed by atoms with Gasteiger partial charge in [0, 0.05) is 0 Å². The number of halogens is 1. The normalized spacial score (nSPS) is 12.2. The van der Waals surface area contributed by atoms with Gasteiger partial charge in [-0.2, -0.15) is 0 Å². The number of rotatable bonds is 4. The molecular weight excluding hydrogens is 259 g/mol. The van der Waals surface area contributed by atoms with Gasteiger partial charge in [0.05, 0.1) is 18.3 Å². The maximum Gasteiger partial charge on any atom is 0.312 e. The molecule has 0 aliphatic rings. The molecule has 1 rings (SSSR count). The van der Waals surface area contributed by atoms with Gasteiger partial charge in [0.1, 0.15) is 10.7 Å². The van der Waals surface area contributed by atoms with Gasteiger partial charge < -0.3 is 4.74 Å². The van der Waals surface area contributed by atoms with Crippen LogP contribution in [-0.2, 0) is 19.4 Å². The molecule has 0 spiro atoms. The maximum absolute atomic E-state index is 13.4. The molecule has 18 heavy (non-hydrogen) atoms. The van der Waals surface area contributed by atoms with E-state index in [0.29, 0.717) is 0 Å². The highest BCUT2D eigenvalue weighted by molar-refractivity contribution is 7.91. The van der Waals surface area contributed by atoms with Crippen LogP contribution < -0.4 is 0 Å². The van der Waals surface area contributed by atoms with Crippen LogP contribution in [0.1, 0.15) is 13.8 Å². The Morgan fingerprint density at radius 3 is 2.39 bits per heavy atom. The Morgan fingerprint density at radius 1 is 1.33 bits per heavy atom. The van der Waals surface area contributed by atoms with Crippen LogP contribution in [0.2, 0.25) is 0 Å². The second kappa shape index (κ2) is 5.06. The summed E-state index contributed by atoms with van der Waals surface area (Å²) in [7, 11) is -2.70. The van der Waals surface area contributed by atoms with E-state index in [-0.39, 0.29) is 0 Å². The lowest BCUT2D eigenvalue weighted by atomic mass is 9.97. The van der Waals surface area contributed by atoms with E-state index in [9.17, 15) is 17.6 Å². The van der Waals surface area contributed by atoms with Crippen molar-refractivity contribution in [2.75, 3.05) is 12.9 Å². The Kier molecular flexibility index (Phi) is 4.11. The molecule has 1 aromatic carbocycles. The van der Waals surface area contributed by atoms with E-state index < -0.39 is 37.7 Å². The SMILES string of the molecule is COC(=O)C(C)(C)CS(=O)(=O)c1ccccc1F. The number of esters is 1. The van der Waals surface area contributed by atoms with Gasteiger partial charge in [0.25, 0.3) is 0 Å². The second-order valence-corrected chi connectivity index (χ2v) is 6.52. The summed E-state index contributed by atoms with van der Waals surface area (Å²) >= 11 is 0. The highest BCUT2D eigenvalue weighted by Gasteiger charge is 2.36. The van der Waals surface area contributed by atoms with Gasteiger partial charge >= 0.3 is 5.97 Å². The average Bonchev–Trinajstić information content (AvgIpc) is 2.26.